The molecular formula is C22H20O6. The first-order chi connectivity index (χ1) is 13.2. The van der Waals surface area contributed by atoms with Gasteiger partial charge in [0, 0.05) is 23.7 Å². The van der Waals surface area contributed by atoms with Crippen molar-refractivity contribution in [1.29, 1.82) is 0 Å². The van der Waals surface area contributed by atoms with Crippen LogP contribution < -0.4 is 0 Å². The summed E-state index contributed by atoms with van der Waals surface area (Å²) in [5.74, 6) is -3.78. The van der Waals surface area contributed by atoms with Gasteiger partial charge >= 0.3 is 11.9 Å². The van der Waals surface area contributed by atoms with Gasteiger partial charge in [-0.15, -0.1) is 0 Å². The van der Waals surface area contributed by atoms with E-state index < -0.39 is 23.8 Å². The predicted molar refractivity (Wildman–Crippen MR) is 101 cm³/mol. The van der Waals surface area contributed by atoms with E-state index in [4.69, 9.17) is 10.2 Å². The molecule has 2 aromatic rings. The fraction of sp³-hybridized carbons (Fsp3) is 0.273. The summed E-state index contributed by atoms with van der Waals surface area (Å²) in [6, 6.07) is 12.7. The molecule has 0 saturated heterocycles. The molecule has 1 fully saturated rings. The highest BCUT2D eigenvalue weighted by molar-refractivity contribution is 5.92. The number of benzene rings is 2. The number of aromatic carboxylic acids is 2. The molecule has 1 aliphatic rings. The Morgan fingerprint density at radius 1 is 0.607 bits per heavy atom. The van der Waals surface area contributed by atoms with Gasteiger partial charge in [-0.2, -0.15) is 0 Å². The Bertz CT molecular complexity index is 862. The van der Waals surface area contributed by atoms with E-state index >= 15 is 0 Å². The summed E-state index contributed by atoms with van der Waals surface area (Å²) in [4.78, 5) is 46.8. The number of hydrogen-bond donors (Lipinski definition) is 2. The fourth-order valence-corrected chi connectivity index (χ4v) is 4.28. The van der Waals surface area contributed by atoms with Gasteiger partial charge in [0.15, 0.2) is 0 Å². The van der Waals surface area contributed by atoms with Crippen molar-refractivity contribution in [2.24, 2.45) is 11.8 Å². The van der Waals surface area contributed by atoms with Crippen molar-refractivity contribution in [2.45, 2.75) is 25.7 Å². The molecule has 0 spiro atoms. The molecule has 1 saturated carbocycles. The minimum atomic E-state index is -1.04. The molecule has 28 heavy (non-hydrogen) atoms. The van der Waals surface area contributed by atoms with Crippen LogP contribution in [0, 0.1) is 11.8 Å². The number of carbonyl (C=O) groups is 4. The quantitative estimate of drug-likeness (QED) is 0.795. The molecule has 3 rings (SSSR count). The zero-order chi connectivity index (χ0) is 20.6. The summed E-state index contributed by atoms with van der Waals surface area (Å²) in [6.07, 6.45) is 0. The number of carbonyl (C=O) groups excluding carboxylic acids is 2. The lowest BCUT2D eigenvalue weighted by Gasteiger charge is -2.50. The van der Waals surface area contributed by atoms with Crippen molar-refractivity contribution in [2.75, 3.05) is 0 Å². The summed E-state index contributed by atoms with van der Waals surface area (Å²) in [5.41, 5.74) is 1.87. The van der Waals surface area contributed by atoms with Crippen LogP contribution >= 0.6 is 0 Å². The molecule has 6 heteroatoms. The maximum atomic E-state index is 12.3. The van der Waals surface area contributed by atoms with Crippen LogP contribution in [0.25, 0.3) is 0 Å². The molecule has 1 aliphatic carbocycles. The van der Waals surface area contributed by atoms with Crippen LogP contribution in [0.5, 0.6) is 0 Å². The van der Waals surface area contributed by atoms with Gasteiger partial charge in [0.25, 0.3) is 0 Å². The van der Waals surface area contributed by atoms with Crippen molar-refractivity contribution in [3.05, 3.63) is 70.8 Å². The number of hydrogen-bond acceptors (Lipinski definition) is 4. The van der Waals surface area contributed by atoms with Crippen LogP contribution in [0.3, 0.4) is 0 Å². The Morgan fingerprint density at radius 3 is 1.11 bits per heavy atom. The topological polar surface area (TPSA) is 109 Å². The van der Waals surface area contributed by atoms with E-state index in [1.165, 1.54) is 38.1 Å². The number of ketones is 2. The Hall–Kier alpha value is -3.28. The molecule has 0 amide bonds. The van der Waals surface area contributed by atoms with Crippen LogP contribution in [0.15, 0.2) is 48.5 Å². The van der Waals surface area contributed by atoms with E-state index in [9.17, 15) is 19.2 Å². The zero-order valence-electron chi connectivity index (χ0n) is 15.5. The van der Waals surface area contributed by atoms with E-state index in [2.05, 4.69) is 0 Å². The Balaban J connectivity index is 2.04. The molecular weight excluding hydrogens is 360 g/mol. The Labute approximate surface area is 161 Å². The smallest absolute Gasteiger partial charge is 0.335 e. The maximum Gasteiger partial charge on any atom is 0.335 e. The molecule has 3 unspecified atom stereocenters. The molecule has 0 bridgehead atoms. The van der Waals surface area contributed by atoms with E-state index in [1.807, 2.05) is 0 Å². The average molecular weight is 380 g/mol. The van der Waals surface area contributed by atoms with E-state index in [1.54, 1.807) is 24.3 Å². The van der Waals surface area contributed by atoms with Gasteiger partial charge in [-0.05, 0) is 49.2 Å². The zero-order valence-corrected chi connectivity index (χ0v) is 15.5. The third kappa shape index (κ3) is 3.33. The summed E-state index contributed by atoms with van der Waals surface area (Å²) < 4.78 is 0. The number of carboxylic acids is 2. The minimum Gasteiger partial charge on any atom is -0.478 e. The van der Waals surface area contributed by atoms with Gasteiger partial charge < -0.3 is 10.2 Å². The maximum absolute atomic E-state index is 12.3. The predicted octanol–water partition coefficient (Wildman–Crippen LogP) is 3.37. The lowest BCUT2D eigenvalue weighted by molar-refractivity contribution is -0.139. The molecule has 144 valence electrons. The van der Waals surface area contributed by atoms with Gasteiger partial charge in [-0.1, -0.05) is 24.3 Å². The first kappa shape index (κ1) is 19.5. The van der Waals surface area contributed by atoms with Crippen LogP contribution in [0.1, 0.15) is 57.5 Å². The molecule has 2 aromatic carbocycles. The number of Topliss-reactive ketones (excluding diaryl/α,β-unsaturated/α-hetero) is 2. The van der Waals surface area contributed by atoms with Gasteiger partial charge in [-0.3, -0.25) is 9.59 Å². The fourth-order valence-electron chi connectivity index (χ4n) is 4.28. The average Bonchev–Trinajstić information content (AvgIpc) is 2.61. The summed E-state index contributed by atoms with van der Waals surface area (Å²) in [6.45, 7) is 2.92. The minimum absolute atomic E-state index is 0.0917. The molecule has 4 atom stereocenters. The van der Waals surface area contributed by atoms with E-state index in [0.717, 1.165) is 11.1 Å². The molecule has 0 aliphatic heterocycles. The lowest BCUT2D eigenvalue weighted by Crippen LogP contribution is -2.50. The van der Waals surface area contributed by atoms with Crippen molar-refractivity contribution < 1.29 is 29.4 Å². The van der Waals surface area contributed by atoms with Crippen LogP contribution in [-0.4, -0.2) is 33.7 Å². The summed E-state index contributed by atoms with van der Waals surface area (Å²) in [5, 5.41) is 18.2. The van der Waals surface area contributed by atoms with Gasteiger partial charge in [-0.25, -0.2) is 9.59 Å². The highest BCUT2D eigenvalue weighted by atomic mass is 16.4. The second-order valence-corrected chi connectivity index (χ2v) is 7.18. The lowest BCUT2D eigenvalue weighted by atomic mass is 9.50. The van der Waals surface area contributed by atoms with Crippen molar-refractivity contribution in [3.63, 3.8) is 0 Å². The molecule has 6 nitrogen and oxygen atoms in total. The van der Waals surface area contributed by atoms with Crippen molar-refractivity contribution in [3.8, 4) is 0 Å². The number of carboxylic acid groups (broad SMARTS) is 2. The highest BCUT2D eigenvalue weighted by Crippen LogP contribution is 2.58. The largest absolute Gasteiger partial charge is 0.478 e. The summed E-state index contributed by atoms with van der Waals surface area (Å²) >= 11 is 0. The molecule has 0 radical (unpaired) electrons. The Kier molecular flexibility index (Phi) is 5.14. The standard InChI is InChI=1S/C22H20O6/c1-11(23)17-18(12(2)24)20(14-5-9-16(10-6-14)22(27)28)19(17)13-3-7-15(8-4-13)21(25)26/h3-10,17-20H,1-2H3,(H,25,26)(H,27,28)/t17-,18?,19?,20?/m0/s1. The monoisotopic (exact) mass is 380 g/mol. The van der Waals surface area contributed by atoms with Gasteiger partial charge in [0.05, 0.1) is 11.1 Å². The second-order valence-electron chi connectivity index (χ2n) is 7.18. The number of rotatable bonds is 6. The van der Waals surface area contributed by atoms with Crippen LogP contribution in [0.2, 0.25) is 0 Å². The van der Waals surface area contributed by atoms with Crippen molar-refractivity contribution in [1.82, 2.24) is 0 Å². The third-order valence-corrected chi connectivity index (χ3v) is 5.57. The van der Waals surface area contributed by atoms with Gasteiger partial charge in [0.2, 0.25) is 0 Å². The van der Waals surface area contributed by atoms with E-state index in [-0.39, 0.29) is 34.5 Å². The van der Waals surface area contributed by atoms with Crippen LogP contribution in [-0.2, 0) is 9.59 Å². The molecule has 0 heterocycles. The first-order valence-corrected chi connectivity index (χ1v) is 8.89. The first-order valence-electron chi connectivity index (χ1n) is 8.89. The molecule has 2 N–H and O–H groups in total. The van der Waals surface area contributed by atoms with E-state index in [0.29, 0.717) is 0 Å². The summed E-state index contributed by atoms with van der Waals surface area (Å²) in [7, 11) is 0. The Morgan fingerprint density at radius 2 is 0.893 bits per heavy atom. The van der Waals surface area contributed by atoms with Crippen molar-refractivity contribution >= 4 is 23.5 Å². The normalized spacial score (nSPS) is 23.5. The third-order valence-electron chi connectivity index (χ3n) is 5.57. The van der Waals surface area contributed by atoms with Gasteiger partial charge in [0.1, 0.15) is 11.6 Å². The highest BCUT2D eigenvalue weighted by Gasteiger charge is 2.55. The van der Waals surface area contributed by atoms with Crippen LogP contribution in [0.4, 0.5) is 0 Å². The SMILES string of the molecule is CC(=O)C1C(c2ccc(C(=O)O)cc2)C(c2ccc(C(=O)O)cc2)[C@H]1C(C)=O. The molecule has 0 aromatic heterocycles. The second kappa shape index (κ2) is 7.38.